The standard InChI is InChI=1S/C54H36/c1-54(42-22-6-3-7-23-42)49-34-40(28-29-44(49)48-32-38-18-8-9-19-39(38)33-50(48)54)37-20-14-21-41(31-37)51-45-25-12-13-26-46(45)52(36-16-4-2-5-17-36)53-43-24-11-10-15-35(43)27-30-47(51)53/h2-34H,1H3. The van der Waals surface area contributed by atoms with Crippen LogP contribution in [0.5, 0.6) is 0 Å². The Bertz CT molecular complexity index is 3100. The van der Waals surface area contributed by atoms with E-state index in [4.69, 9.17) is 0 Å². The highest BCUT2D eigenvalue weighted by molar-refractivity contribution is 6.28. The lowest BCUT2D eigenvalue weighted by Crippen LogP contribution is -2.22. The molecule has 0 fully saturated rings. The van der Waals surface area contributed by atoms with Crippen LogP contribution in [0.2, 0.25) is 0 Å². The molecular weight excluding hydrogens is 649 g/mol. The fourth-order valence-electron chi connectivity index (χ4n) is 9.49. The fourth-order valence-corrected chi connectivity index (χ4v) is 9.49. The zero-order valence-electron chi connectivity index (χ0n) is 30.1. The molecule has 1 aliphatic carbocycles. The third-order valence-electron chi connectivity index (χ3n) is 12.1. The van der Waals surface area contributed by atoms with Crippen molar-refractivity contribution in [3.05, 3.63) is 217 Å². The molecule has 0 radical (unpaired) electrons. The highest BCUT2D eigenvalue weighted by Crippen LogP contribution is 2.54. The molecular formula is C54H36. The van der Waals surface area contributed by atoms with Crippen molar-refractivity contribution in [3.8, 4) is 44.5 Å². The molecule has 0 bridgehead atoms. The molecule has 0 heterocycles. The second kappa shape index (κ2) is 11.9. The van der Waals surface area contributed by atoms with Crippen molar-refractivity contribution >= 4 is 43.1 Å². The van der Waals surface area contributed by atoms with Gasteiger partial charge in [0.15, 0.2) is 0 Å². The maximum absolute atomic E-state index is 2.47. The van der Waals surface area contributed by atoms with Crippen molar-refractivity contribution < 1.29 is 0 Å². The van der Waals surface area contributed by atoms with Crippen LogP contribution in [-0.4, -0.2) is 0 Å². The lowest BCUT2D eigenvalue weighted by atomic mass is 9.73. The molecule has 0 heteroatoms. The molecule has 54 heavy (non-hydrogen) atoms. The third-order valence-corrected chi connectivity index (χ3v) is 12.1. The van der Waals surface area contributed by atoms with Gasteiger partial charge in [-0.15, -0.1) is 0 Å². The van der Waals surface area contributed by atoms with E-state index in [1.807, 2.05) is 0 Å². The van der Waals surface area contributed by atoms with Gasteiger partial charge in [0.2, 0.25) is 0 Å². The van der Waals surface area contributed by atoms with E-state index in [-0.39, 0.29) is 5.41 Å². The summed E-state index contributed by atoms with van der Waals surface area (Å²) in [7, 11) is 0. The summed E-state index contributed by atoms with van der Waals surface area (Å²) in [4.78, 5) is 0. The summed E-state index contributed by atoms with van der Waals surface area (Å²) in [5.74, 6) is 0. The number of benzene rings is 10. The van der Waals surface area contributed by atoms with Crippen LogP contribution in [0.1, 0.15) is 23.6 Å². The van der Waals surface area contributed by atoms with E-state index in [1.165, 1.54) is 104 Å². The van der Waals surface area contributed by atoms with Crippen molar-refractivity contribution in [2.45, 2.75) is 12.3 Å². The average Bonchev–Trinajstić information content (AvgIpc) is 3.49. The minimum atomic E-state index is -0.287. The van der Waals surface area contributed by atoms with Crippen molar-refractivity contribution in [1.82, 2.24) is 0 Å². The van der Waals surface area contributed by atoms with Gasteiger partial charge in [-0.25, -0.2) is 0 Å². The molecule has 0 amide bonds. The minimum absolute atomic E-state index is 0.287. The summed E-state index contributed by atoms with van der Waals surface area (Å²) < 4.78 is 0. The van der Waals surface area contributed by atoms with Crippen molar-refractivity contribution in [1.29, 1.82) is 0 Å². The molecule has 1 aliphatic rings. The Balaban J connectivity index is 1.15. The quantitative estimate of drug-likeness (QED) is 0.128. The van der Waals surface area contributed by atoms with Crippen LogP contribution in [-0.2, 0) is 5.41 Å². The van der Waals surface area contributed by atoms with Gasteiger partial charge in [0, 0.05) is 5.41 Å². The molecule has 11 rings (SSSR count). The first kappa shape index (κ1) is 30.8. The first-order valence-electron chi connectivity index (χ1n) is 18.9. The van der Waals surface area contributed by atoms with Gasteiger partial charge < -0.3 is 0 Å². The molecule has 0 aromatic heterocycles. The second-order valence-electron chi connectivity index (χ2n) is 14.9. The van der Waals surface area contributed by atoms with Gasteiger partial charge in [0.05, 0.1) is 0 Å². The van der Waals surface area contributed by atoms with Crippen LogP contribution in [0, 0.1) is 0 Å². The van der Waals surface area contributed by atoms with Gasteiger partial charge in [0.1, 0.15) is 0 Å². The first-order valence-corrected chi connectivity index (χ1v) is 18.9. The molecule has 1 atom stereocenters. The molecule has 1 unspecified atom stereocenters. The highest BCUT2D eigenvalue weighted by Gasteiger charge is 2.41. The lowest BCUT2D eigenvalue weighted by molar-refractivity contribution is 0.715. The van der Waals surface area contributed by atoms with Crippen LogP contribution >= 0.6 is 0 Å². The fraction of sp³-hybridized carbons (Fsp3) is 0.0370. The van der Waals surface area contributed by atoms with Crippen LogP contribution in [0.25, 0.3) is 87.6 Å². The molecule has 0 nitrogen and oxygen atoms in total. The van der Waals surface area contributed by atoms with Gasteiger partial charge in [0.25, 0.3) is 0 Å². The second-order valence-corrected chi connectivity index (χ2v) is 14.9. The average molecular weight is 685 g/mol. The maximum Gasteiger partial charge on any atom is 0.0435 e. The zero-order valence-corrected chi connectivity index (χ0v) is 30.1. The van der Waals surface area contributed by atoms with Gasteiger partial charge >= 0.3 is 0 Å². The van der Waals surface area contributed by atoms with Gasteiger partial charge in [-0.3, -0.25) is 0 Å². The Kier molecular flexibility index (Phi) is 6.78. The molecule has 0 spiro atoms. The Morgan fingerprint density at radius 2 is 0.889 bits per heavy atom. The van der Waals surface area contributed by atoms with E-state index in [0.717, 1.165) is 0 Å². The predicted molar refractivity (Wildman–Crippen MR) is 230 cm³/mol. The SMILES string of the molecule is CC1(c2ccccc2)c2cc(-c3cccc(-c4c5ccccc5c(-c5ccccc5)c5c4ccc4ccccc45)c3)ccc2-c2cc3ccccc3cc21. The van der Waals surface area contributed by atoms with Crippen molar-refractivity contribution in [3.63, 3.8) is 0 Å². The number of fused-ring (bicyclic) bond motifs is 8. The molecule has 0 N–H and O–H groups in total. The van der Waals surface area contributed by atoms with E-state index in [2.05, 4.69) is 207 Å². The summed E-state index contributed by atoms with van der Waals surface area (Å²) in [5.41, 5.74) is 13.9. The highest BCUT2D eigenvalue weighted by atomic mass is 14.4. The molecule has 0 saturated heterocycles. The summed E-state index contributed by atoms with van der Waals surface area (Å²) in [6.45, 7) is 2.42. The van der Waals surface area contributed by atoms with Gasteiger partial charge in [-0.05, 0) is 135 Å². The molecule has 10 aromatic rings. The van der Waals surface area contributed by atoms with Crippen LogP contribution in [0.15, 0.2) is 200 Å². The topological polar surface area (TPSA) is 0 Å². The Morgan fingerprint density at radius 3 is 1.67 bits per heavy atom. The number of hydrogen-bond donors (Lipinski definition) is 0. The monoisotopic (exact) mass is 684 g/mol. The lowest BCUT2D eigenvalue weighted by Gasteiger charge is -2.29. The zero-order chi connectivity index (χ0) is 35.8. The Morgan fingerprint density at radius 1 is 0.315 bits per heavy atom. The number of hydrogen-bond acceptors (Lipinski definition) is 0. The Hall–Kier alpha value is -6.76. The summed E-state index contributed by atoms with van der Waals surface area (Å²) in [6.07, 6.45) is 0. The molecule has 0 saturated carbocycles. The first-order chi connectivity index (χ1) is 26.7. The predicted octanol–water partition coefficient (Wildman–Crippen LogP) is 14.6. The van der Waals surface area contributed by atoms with E-state index in [0.29, 0.717) is 0 Å². The molecule has 252 valence electrons. The van der Waals surface area contributed by atoms with Crippen LogP contribution in [0.3, 0.4) is 0 Å². The van der Waals surface area contributed by atoms with Crippen LogP contribution in [0.4, 0.5) is 0 Å². The maximum atomic E-state index is 2.47. The normalized spacial score (nSPS) is 14.8. The van der Waals surface area contributed by atoms with E-state index in [1.54, 1.807) is 0 Å². The van der Waals surface area contributed by atoms with Crippen LogP contribution < -0.4 is 0 Å². The van der Waals surface area contributed by atoms with Crippen molar-refractivity contribution in [2.75, 3.05) is 0 Å². The number of rotatable bonds is 4. The Labute approximate surface area is 315 Å². The summed E-state index contributed by atoms with van der Waals surface area (Å²) >= 11 is 0. The molecule has 0 aliphatic heterocycles. The minimum Gasteiger partial charge on any atom is -0.0622 e. The summed E-state index contributed by atoms with van der Waals surface area (Å²) in [5, 5.41) is 10.2. The van der Waals surface area contributed by atoms with E-state index < -0.39 is 0 Å². The largest absolute Gasteiger partial charge is 0.0622 e. The third kappa shape index (κ3) is 4.50. The van der Waals surface area contributed by atoms with E-state index >= 15 is 0 Å². The molecule has 10 aromatic carbocycles. The van der Waals surface area contributed by atoms with Crippen molar-refractivity contribution in [2.24, 2.45) is 0 Å². The summed E-state index contributed by atoms with van der Waals surface area (Å²) in [6, 6.07) is 74.4. The van der Waals surface area contributed by atoms with Gasteiger partial charge in [-0.1, -0.05) is 176 Å². The smallest absolute Gasteiger partial charge is 0.0435 e. The van der Waals surface area contributed by atoms with E-state index in [9.17, 15) is 0 Å². The van der Waals surface area contributed by atoms with Gasteiger partial charge in [-0.2, -0.15) is 0 Å².